The molecule has 136 heavy (non-hydrogen) atoms. The Balaban J connectivity index is 0.000000109. The summed E-state index contributed by atoms with van der Waals surface area (Å²) in [6.45, 7) is 8.11. The number of ether oxygens (including phenoxy) is 2. The van der Waals surface area contributed by atoms with Gasteiger partial charge in [0.05, 0.1) is 22.0 Å². The van der Waals surface area contributed by atoms with E-state index in [4.69, 9.17) is 38.8 Å². The van der Waals surface area contributed by atoms with Gasteiger partial charge in [0.25, 0.3) is 0 Å². The lowest BCUT2D eigenvalue weighted by Crippen LogP contribution is -2.41. The second-order valence-corrected chi connectivity index (χ2v) is 43.8. The smallest absolute Gasteiger partial charge is 0.508 e. The number of aromatic hydroxyl groups is 1. The number of halogens is 6. The first-order valence-corrected chi connectivity index (χ1v) is 51.3. The number of carbonyl (C=O) groups excluding carboxylic acids is 1. The zero-order valence-electron chi connectivity index (χ0n) is 73.9. The Morgan fingerprint density at radius 3 is 1.01 bits per heavy atom. The molecule has 10 nitrogen and oxygen atoms in total. The van der Waals surface area contributed by atoms with Crippen molar-refractivity contribution in [1.82, 2.24) is 15.0 Å². The number of hydrogen-bond donors (Lipinski definition) is 1. The van der Waals surface area contributed by atoms with Crippen molar-refractivity contribution in [3.8, 4) is 129 Å². The van der Waals surface area contributed by atoms with Crippen molar-refractivity contribution in [2.24, 2.45) is 0 Å². The van der Waals surface area contributed by atoms with Crippen LogP contribution in [0.25, 0.3) is 111 Å². The lowest BCUT2D eigenvalue weighted by atomic mass is 9.66. The number of carbonyl (C=O) groups is 1. The minimum Gasteiger partial charge on any atom is -0.508 e. The van der Waals surface area contributed by atoms with Crippen LogP contribution in [0.3, 0.4) is 0 Å². The van der Waals surface area contributed by atoms with E-state index in [-0.39, 0.29) is 5.78 Å². The Morgan fingerprint density at radius 2 is 0.596 bits per heavy atom. The number of benzene rings is 18. The van der Waals surface area contributed by atoms with E-state index in [1.165, 1.54) is 105 Å². The van der Waals surface area contributed by atoms with Gasteiger partial charge in [-0.2, -0.15) is 0 Å². The molecule has 3 aliphatic carbocycles. The summed E-state index contributed by atoms with van der Waals surface area (Å²) in [4.78, 5) is 27.0. The Hall–Kier alpha value is -13.2. The minimum atomic E-state index is -3.22. The molecule has 0 atom stereocenters. The second kappa shape index (κ2) is 37.8. The molecule has 3 aliphatic heterocycles. The molecule has 25 rings (SSSR count). The molecule has 1 N–H and O–H groups in total. The van der Waals surface area contributed by atoms with Crippen LogP contribution in [0.4, 0.5) is 0 Å². The molecule has 0 unspecified atom stereocenters. The van der Waals surface area contributed by atoms with Crippen LogP contribution < -0.4 is 15.2 Å². The van der Waals surface area contributed by atoms with Gasteiger partial charge >= 0.3 is 12.3 Å². The number of aromatic nitrogens is 3. The highest BCUT2D eigenvalue weighted by Crippen LogP contribution is 2.66. The number of fused-ring (bicyclic) bond motifs is 22. The van der Waals surface area contributed by atoms with E-state index >= 15 is 0 Å². The topological polar surface area (TPSA) is 130 Å². The van der Waals surface area contributed by atoms with E-state index < -0.39 is 34.4 Å². The third-order valence-corrected chi connectivity index (χ3v) is 27.9. The normalized spacial score (nSPS) is 14.0. The zero-order chi connectivity index (χ0) is 93.6. The SMILES string of the molecule is Brc1cc(-c2ccccc2)cc2c1-c1ccccc1C21c2ccccc2Oc2ccccc21.Brc1cc(-c2ccccc2)cc2c1-c1ccccc1C21c2ccccc2Oc2ccccc21.CC1(C)OB(c2nc(-c3ccccc3)nc(-c3ccc(-c4ccc5ccccc5c4)cc3)n2)OC1(C)C.O=C1c2ccccc2-c2c(Br)cc(-c3ccccc3)cc21.O=P(Cl)(Cl)Cl.Oc1ccccc1. The summed E-state index contributed by atoms with van der Waals surface area (Å²) in [7, 11) is -0.675. The molecule has 6 aliphatic rings. The molecule has 19 aromatic rings. The molecule has 1 fully saturated rings. The molecule has 0 amide bonds. The average molecular weight is 2040 g/mol. The summed E-state index contributed by atoms with van der Waals surface area (Å²) in [5.41, 5.74) is 28.3. The summed E-state index contributed by atoms with van der Waals surface area (Å²) in [5, 5.41) is 7.87. The van der Waals surface area contributed by atoms with E-state index in [9.17, 15) is 9.36 Å². The summed E-state index contributed by atoms with van der Waals surface area (Å²) < 4.78 is 38.1. The standard InChI is InChI=1S/C31H28BN3O2.2C31H19BrO.C19H11BrO.C6H6O.Cl3OP/c1-30(2)31(3,4)37-32(36-30)29-34-27(23-11-6-5-7-12-23)33-28(35-29)24-17-14-22(15-18-24)26-19-16-21-10-8-9-13-25(21)20-26;2*32-27-19-21(20-10-2-1-3-11-20)18-26-30(27)22-12-4-5-13-23(22)31(26)24-14-6-8-16-28(24)33-29-17-9-7-15-25(29)31;20-17-11-13(12-6-2-1-3-7-12)10-16-18(17)14-8-4-5-9-15(14)19(16)21;7-6-4-2-1-3-5-6;1-5(2,3)4/h5-20H,1-4H3;2*1-19H;1-11H;1-5,7H;. The largest absolute Gasteiger partial charge is 0.534 e. The predicted molar refractivity (Wildman–Crippen MR) is 565 cm³/mol. The first-order valence-electron chi connectivity index (χ1n) is 44.5. The van der Waals surface area contributed by atoms with Gasteiger partial charge in [-0.25, -0.2) is 15.0 Å². The Kier molecular flexibility index (Phi) is 25.2. The zero-order valence-corrected chi connectivity index (χ0v) is 81.9. The Labute approximate surface area is 830 Å². The maximum atomic E-state index is 12.6. The van der Waals surface area contributed by atoms with Gasteiger partial charge in [0, 0.05) is 74.6 Å². The predicted octanol–water partition coefficient (Wildman–Crippen LogP) is 33.0. The highest BCUT2D eigenvalue weighted by molar-refractivity contribution is 9.11. The molecule has 0 radical (unpaired) electrons. The average Bonchev–Trinajstić information content (AvgIpc) is 1.54. The van der Waals surface area contributed by atoms with Gasteiger partial charge in [-0.15, -0.1) is 0 Å². The van der Waals surface area contributed by atoms with Gasteiger partial charge in [0.1, 0.15) is 28.7 Å². The van der Waals surface area contributed by atoms with E-state index in [0.717, 1.165) is 86.5 Å². The van der Waals surface area contributed by atoms with Crippen LogP contribution in [-0.4, -0.2) is 44.2 Å². The number of para-hydroxylation sites is 5. The minimum absolute atomic E-state index is 0.110. The Morgan fingerprint density at radius 1 is 0.287 bits per heavy atom. The lowest BCUT2D eigenvalue weighted by Gasteiger charge is -2.39. The van der Waals surface area contributed by atoms with Crippen LogP contribution in [0, 0.1) is 0 Å². The number of rotatable bonds is 7. The van der Waals surface area contributed by atoms with Crippen molar-refractivity contribution < 1.29 is 33.2 Å². The molecule has 1 aromatic heterocycles. The van der Waals surface area contributed by atoms with Crippen molar-refractivity contribution >= 4 is 116 Å². The number of hydrogen-bond acceptors (Lipinski definition) is 10. The van der Waals surface area contributed by atoms with Crippen molar-refractivity contribution in [2.45, 2.75) is 49.7 Å². The van der Waals surface area contributed by atoms with Crippen LogP contribution in [0.5, 0.6) is 28.7 Å². The quantitative estimate of drug-likeness (QED) is 0.122. The van der Waals surface area contributed by atoms with Gasteiger partial charge in [0.2, 0.25) is 0 Å². The first-order chi connectivity index (χ1) is 66.0. The van der Waals surface area contributed by atoms with Crippen LogP contribution >= 0.6 is 86.7 Å². The molecule has 1 saturated heterocycles. The van der Waals surface area contributed by atoms with Crippen LogP contribution in [0.15, 0.2) is 438 Å². The highest BCUT2D eigenvalue weighted by atomic mass is 79.9. The highest BCUT2D eigenvalue weighted by Gasteiger charge is 2.56. The Bertz CT molecular complexity index is 7500. The molecule has 0 bridgehead atoms. The van der Waals surface area contributed by atoms with Crippen LogP contribution in [0.2, 0.25) is 0 Å². The maximum absolute atomic E-state index is 12.6. The molecular weight excluding hydrogens is 1960 g/mol. The maximum Gasteiger partial charge on any atom is 0.534 e. The summed E-state index contributed by atoms with van der Waals surface area (Å²) in [6.07, 6.45) is 0. The van der Waals surface area contributed by atoms with Crippen molar-refractivity contribution in [2.75, 3.05) is 0 Å². The number of phenols is 1. The summed E-state index contributed by atoms with van der Waals surface area (Å²) in [5.74, 6) is 5.28. The van der Waals surface area contributed by atoms with Crippen molar-refractivity contribution in [1.29, 1.82) is 0 Å². The summed E-state index contributed by atoms with van der Waals surface area (Å²) in [6, 6.07) is 146. The fraction of sp³-hybridized carbons (Fsp3) is 0.0678. The molecule has 18 heteroatoms. The number of nitrogens with zero attached hydrogens (tertiary/aromatic N) is 3. The van der Waals surface area contributed by atoms with Gasteiger partial charge in [0.15, 0.2) is 23.2 Å². The fourth-order valence-electron chi connectivity index (χ4n) is 19.2. The number of phenolic OH excluding ortho intramolecular Hbond substituents is 1. The van der Waals surface area contributed by atoms with Crippen molar-refractivity contribution in [3.05, 3.63) is 494 Å². The number of ketones is 1. The van der Waals surface area contributed by atoms with Crippen LogP contribution in [-0.2, 0) is 24.7 Å². The van der Waals surface area contributed by atoms with E-state index in [2.05, 4.69) is 397 Å². The molecule has 4 heterocycles. The van der Waals surface area contributed by atoms with E-state index in [1.807, 2.05) is 113 Å². The third-order valence-electron chi connectivity index (χ3n) is 26.0. The monoisotopic (exact) mass is 2040 g/mol. The second-order valence-electron chi connectivity index (χ2n) is 34.6. The van der Waals surface area contributed by atoms with E-state index in [1.54, 1.807) is 24.3 Å². The molecule has 662 valence electrons. The molecule has 0 saturated carbocycles. The lowest BCUT2D eigenvalue weighted by molar-refractivity contribution is 0.00578. The fourth-order valence-corrected chi connectivity index (χ4v) is 21.3. The van der Waals surface area contributed by atoms with Gasteiger partial charge in [-0.05, 0) is 235 Å². The molecule has 2 spiro atoms. The van der Waals surface area contributed by atoms with E-state index in [0.29, 0.717) is 23.1 Å². The van der Waals surface area contributed by atoms with Gasteiger partial charge in [-0.1, -0.05) is 394 Å². The van der Waals surface area contributed by atoms with Gasteiger partial charge in [-0.3, -0.25) is 9.36 Å². The third kappa shape index (κ3) is 17.3. The first kappa shape index (κ1) is 90.6. The molecule has 18 aromatic carbocycles. The molecular formula is C118H83BBr3Cl3N3O7P. The van der Waals surface area contributed by atoms with Crippen LogP contribution in [0.1, 0.15) is 88.1 Å². The van der Waals surface area contributed by atoms with Gasteiger partial charge < -0.3 is 23.9 Å². The van der Waals surface area contributed by atoms with Crippen molar-refractivity contribution in [3.63, 3.8) is 0 Å². The summed E-state index contributed by atoms with van der Waals surface area (Å²) >= 11 is 25.4.